The molecule has 138 valence electrons. The Morgan fingerprint density at radius 3 is 2.25 bits per heavy atom. The molecule has 0 rings (SSSR count). The van der Waals surface area contributed by atoms with Crippen LogP contribution in [0.2, 0.25) is 0 Å². The Bertz CT molecular complexity index is 410. The molecular formula is C18H31NO4S. The summed E-state index contributed by atoms with van der Waals surface area (Å²) < 4.78 is 4.60. The minimum atomic E-state index is -0.128. The van der Waals surface area contributed by atoms with Crippen LogP contribution in [0.15, 0.2) is 12.2 Å². The molecule has 1 unspecified atom stereocenters. The van der Waals surface area contributed by atoms with Crippen LogP contribution < -0.4 is 5.32 Å². The average Bonchev–Trinajstić information content (AvgIpc) is 2.53. The summed E-state index contributed by atoms with van der Waals surface area (Å²) in [5, 5.41) is 2.90. The number of unbranched alkanes of at least 4 members (excludes halogenated alkanes) is 6. The van der Waals surface area contributed by atoms with Gasteiger partial charge >= 0.3 is 5.97 Å². The second-order valence-electron chi connectivity index (χ2n) is 5.77. The summed E-state index contributed by atoms with van der Waals surface area (Å²) in [4.78, 5) is 33.1. The summed E-state index contributed by atoms with van der Waals surface area (Å²) in [6, 6.07) is -0.0882. The number of methoxy groups -OCH3 is 1. The van der Waals surface area contributed by atoms with Crippen molar-refractivity contribution in [2.75, 3.05) is 12.9 Å². The molecule has 1 atom stereocenters. The molecule has 1 amide bonds. The highest BCUT2D eigenvalue weighted by atomic mass is 32.2. The number of amides is 1. The fraction of sp³-hybridized carbons (Fsp3) is 0.722. The van der Waals surface area contributed by atoms with E-state index in [9.17, 15) is 14.4 Å². The first-order valence-corrected chi connectivity index (χ1v) is 9.58. The molecule has 0 radical (unpaired) electrons. The summed E-state index contributed by atoms with van der Waals surface area (Å²) in [7, 11) is 1.42. The first kappa shape index (κ1) is 22.7. The standard InChI is InChI=1S/C18H31NO4S/c1-15(20)19-17(14-24-16(2)21)12-10-8-6-4-5-7-9-11-13-18(22)23-3/h10,12,17H,4-9,11,13-14H2,1-3H3,(H,19,20)/b12-10+. The Kier molecular flexibility index (Phi) is 14.4. The van der Waals surface area contributed by atoms with Crippen LogP contribution in [-0.2, 0) is 19.1 Å². The van der Waals surface area contributed by atoms with E-state index in [2.05, 4.69) is 16.1 Å². The number of ether oxygens (including phenoxy) is 1. The molecule has 0 aromatic carbocycles. The Labute approximate surface area is 150 Å². The van der Waals surface area contributed by atoms with Crippen LogP contribution in [0, 0.1) is 0 Å². The predicted molar refractivity (Wildman–Crippen MR) is 98.8 cm³/mol. The number of carbonyl (C=O) groups excluding carboxylic acids is 3. The van der Waals surface area contributed by atoms with Crippen LogP contribution in [-0.4, -0.2) is 35.9 Å². The van der Waals surface area contributed by atoms with Gasteiger partial charge in [-0.15, -0.1) is 0 Å². The molecular weight excluding hydrogens is 326 g/mol. The molecule has 0 aliphatic heterocycles. The van der Waals surface area contributed by atoms with Gasteiger partial charge in [0.15, 0.2) is 5.12 Å². The maximum atomic E-state index is 11.2. The van der Waals surface area contributed by atoms with Gasteiger partial charge in [-0.2, -0.15) is 0 Å². The van der Waals surface area contributed by atoms with E-state index in [-0.39, 0.29) is 23.0 Å². The summed E-state index contributed by atoms with van der Waals surface area (Å²) in [6.07, 6.45) is 12.1. The Hall–Kier alpha value is -1.30. The van der Waals surface area contributed by atoms with E-state index in [0.29, 0.717) is 12.2 Å². The topological polar surface area (TPSA) is 72.5 Å². The maximum absolute atomic E-state index is 11.2. The quantitative estimate of drug-likeness (QED) is 0.310. The van der Waals surface area contributed by atoms with E-state index in [0.717, 1.165) is 38.5 Å². The van der Waals surface area contributed by atoms with Crippen molar-refractivity contribution in [3.05, 3.63) is 12.2 Å². The van der Waals surface area contributed by atoms with Gasteiger partial charge < -0.3 is 10.1 Å². The van der Waals surface area contributed by atoms with Crippen LogP contribution in [0.5, 0.6) is 0 Å². The lowest BCUT2D eigenvalue weighted by atomic mass is 10.1. The molecule has 0 saturated carbocycles. The molecule has 6 heteroatoms. The van der Waals surface area contributed by atoms with Gasteiger partial charge in [0, 0.05) is 26.0 Å². The van der Waals surface area contributed by atoms with Crippen molar-refractivity contribution in [2.24, 2.45) is 0 Å². The highest BCUT2D eigenvalue weighted by Crippen LogP contribution is 2.10. The number of hydrogen-bond donors (Lipinski definition) is 1. The third-order valence-corrected chi connectivity index (χ3v) is 4.38. The van der Waals surface area contributed by atoms with Gasteiger partial charge in [-0.25, -0.2) is 0 Å². The number of carbonyl (C=O) groups is 3. The zero-order chi connectivity index (χ0) is 18.2. The lowest BCUT2D eigenvalue weighted by Crippen LogP contribution is -2.33. The number of esters is 1. The van der Waals surface area contributed by atoms with E-state index in [1.165, 1.54) is 39.1 Å². The lowest BCUT2D eigenvalue weighted by Gasteiger charge is -2.12. The van der Waals surface area contributed by atoms with E-state index in [1.807, 2.05) is 6.08 Å². The average molecular weight is 358 g/mol. The second kappa shape index (κ2) is 15.2. The third-order valence-electron chi connectivity index (χ3n) is 3.45. The minimum absolute atomic E-state index is 0.0611. The van der Waals surface area contributed by atoms with Gasteiger partial charge in [-0.1, -0.05) is 49.6 Å². The summed E-state index contributed by atoms with van der Waals surface area (Å²) in [5.41, 5.74) is 0. The fourth-order valence-corrected chi connectivity index (χ4v) is 2.82. The van der Waals surface area contributed by atoms with Crippen molar-refractivity contribution in [1.82, 2.24) is 5.32 Å². The molecule has 0 aromatic rings. The maximum Gasteiger partial charge on any atom is 0.305 e. The van der Waals surface area contributed by atoms with Crippen molar-refractivity contribution >= 4 is 28.8 Å². The summed E-state index contributed by atoms with van der Waals surface area (Å²) in [6.45, 7) is 3.02. The SMILES string of the molecule is COC(=O)CCCCCCCC/C=C/C(CSC(C)=O)NC(C)=O. The molecule has 0 spiro atoms. The first-order valence-electron chi connectivity index (χ1n) is 8.59. The first-order chi connectivity index (χ1) is 11.5. The molecule has 0 aliphatic rings. The Morgan fingerprint density at radius 2 is 1.67 bits per heavy atom. The monoisotopic (exact) mass is 357 g/mol. The van der Waals surface area contributed by atoms with Crippen molar-refractivity contribution in [3.8, 4) is 0 Å². The van der Waals surface area contributed by atoms with Gasteiger partial charge in [-0.3, -0.25) is 14.4 Å². The largest absolute Gasteiger partial charge is 0.469 e. The van der Waals surface area contributed by atoms with Gasteiger partial charge in [0.1, 0.15) is 0 Å². The van der Waals surface area contributed by atoms with E-state index >= 15 is 0 Å². The number of hydrogen-bond acceptors (Lipinski definition) is 5. The van der Waals surface area contributed by atoms with Crippen molar-refractivity contribution in [2.45, 2.75) is 71.3 Å². The lowest BCUT2D eigenvalue weighted by molar-refractivity contribution is -0.140. The Morgan fingerprint density at radius 1 is 1.04 bits per heavy atom. The molecule has 5 nitrogen and oxygen atoms in total. The van der Waals surface area contributed by atoms with Gasteiger partial charge in [0.05, 0.1) is 13.2 Å². The van der Waals surface area contributed by atoms with Crippen molar-refractivity contribution in [3.63, 3.8) is 0 Å². The van der Waals surface area contributed by atoms with Crippen molar-refractivity contribution < 1.29 is 19.1 Å². The predicted octanol–water partition coefficient (Wildman–Crippen LogP) is 3.62. The minimum Gasteiger partial charge on any atom is -0.469 e. The number of nitrogens with one attached hydrogen (secondary N) is 1. The van der Waals surface area contributed by atoms with Crippen LogP contribution in [0.1, 0.15) is 65.2 Å². The molecule has 0 aliphatic carbocycles. The summed E-state index contributed by atoms with van der Waals surface area (Å²) >= 11 is 1.23. The van der Waals surface area contributed by atoms with Crippen LogP contribution in [0.4, 0.5) is 0 Å². The second-order valence-corrected chi connectivity index (χ2v) is 6.97. The molecule has 0 bridgehead atoms. The summed E-state index contributed by atoms with van der Waals surface area (Å²) in [5.74, 6) is 0.364. The van der Waals surface area contributed by atoms with Crippen LogP contribution >= 0.6 is 11.8 Å². The van der Waals surface area contributed by atoms with Crippen LogP contribution in [0.3, 0.4) is 0 Å². The fourth-order valence-electron chi connectivity index (χ4n) is 2.21. The van der Waals surface area contributed by atoms with Gasteiger partial charge in [0.25, 0.3) is 0 Å². The van der Waals surface area contributed by atoms with E-state index in [1.54, 1.807) is 0 Å². The molecule has 0 saturated heterocycles. The third kappa shape index (κ3) is 15.6. The highest BCUT2D eigenvalue weighted by molar-refractivity contribution is 8.13. The zero-order valence-corrected chi connectivity index (χ0v) is 16.0. The zero-order valence-electron chi connectivity index (χ0n) is 15.1. The van der Waals surface area contributed by atoms with Gasteiger partial charge in [-0.05, 0) is 19.3 Å². The van der Waals surface area contributed by atoms with Crippen LogP contribution in [0.25, 0.3) is 0 Å². The normalized spacial score (nSPS) is 12.1. The molecule has 0 fully saturated rings. The van der Waals surface area contributed by atoms with Crippen molar-refractivity contribution in [1.29, 1.82) is 0 Å². The Balaban J connectivity index is 3.70. The number of thioether (sulfide) groups is 1. The number of allylic oxidation sites excluding steroid dienone is 1. The van der Waals surface area contributed by atoms with Gasteiger partial charge in [0.2, 0.25) is 5.91 Å². The molecule has 0 heterocycles. The molecule has 0 aromatic heterocycles. The highest BCUT2D eigenvalue weighted by Gasteiger charge is 2.07. The molecule has 1 N–H and O–H groups in total. The molecule has 24 heavy (non-hydrogen) atoms. The smallest absolute Gasteiger partial charge is 0.305 e. The number of rotatable bonds is 13. The van der Waals surface area contributed by atoms with E-state index < -0.39 is 0 Å². The van der Waals surface area contributed by atoms with E-state index in [4.69, 9.17) is 0 Å².